The topological polar surface area (TPSA) is 64.8 Å². The highest BCUT2D eigenvalue weighted by atomic mass is 32.2. The van der Waals surface area contributed by atoms with E-state index >= 15 is 0 Å². The van der Waals surface area contributed by atoms with Gasteiger partial charge in [-0.05, 0) is 42.8 Å². The van der Waals surface area contributed by atoms with E-state index in [1.807, 2.05) is 11.5 Å². The standard InChI is InChI=1S/C20H16FN3O2S2/c1-13-15(16-10-14(21)5-6-18(16)24(13)8-9-25)11-17-20(27-12-23-17)28(26)19-4-2-3-7-22-19/h2-7,9-10,12H,8,11H2,1H3. The molecular weight excluding hydrogens is 397 g/mol. The molecule has 3 heterocycles. The normalized spacial score (nSPS) is 12.4. The first-order valence-corrected chi connectivity index (χ1v) is 10.6. The molecule has 0 radical (unpaired) electrons. The second kappa shape index (κ2) is 7.73. The molecular formula is C20H16FN3O2S2. The lowest BCUT2D eigenvalue weighted by atomic mass is 10.1. The highest BCUT2D eigenvalue weighted by Crippen LogP contribution is 2.31. The van der Waals surface area contributed by atoms with Gasteiger partial charge in [0.1, 0.15) is 32.1 Å². The number of hydrogen-bond donors (Lipinski definition) is 0. The summed E-state index contributed by atoms with van der Waals surface area (Å²) in [5.74, 6) is -0.340. The molecule has 142 valence electrons. The Bertz CT molecular complexity index is 1190. The third-order valence-electron chi connectivity index (χ3n) is 4.62. The molecule has 0 N–H and O–H groups in total. The van der Waals surface area contributed by atoms with Gasteiger partial charge in [0, 0.05) is 29.2 Å². The summed E-state index contributed by atoms with van der Waals surface area (Å²) in [7, 11) is -1.43. The summed E-state index contributed by atoms with van der Waals surface area (Å²) in [5.41, 5.74) is 4.87. The van der Waals surface area contributed by atoms with E-state index in [1.165, 1.54) is 23.5 Å². The number of pyridine rings is 1. The minimum absolute atomic E-state index is 0.192. The van der Waals surface area contributed by atoms with Crippen LogP contribution in [0, 0.1) is 12.7 Å². The van der Waals surface area contributed by atoms with E-state index in [4.69, 9.17) is 0 Å². The summed E-state index contributed by atoms with van der Waals surface area (Å²) in [6, 6.07) is 9.82. The molecule has 0 spiro atoms. The van der Waals surface area contributed by atoms with Crippen LogP contribution < -0.4 is 0 Å². The van der Waals surface area contributed by atoms with Gasteiger partial charge in [0.05, 0.1) is 17.7 Å². The van der Waals surface area contributed by atoms with Crippen LogP contribution in [0.2, 0.25) is 0 Å². The number of carbonyl (C=O) groups excluding carboxylic acids is 1. The van der Waals surface area contributed by atoms with Crippen LogP contribution in [-0.4, -0.2) is 25.0 Å². The number of halogens is 1. The fourth-order valence-corrected chi connectivity index (χ4v) is 5.46. The maximum Gasteiger partial charge on any atom is 0.139 e. The van der Waals surface area contributed by atoms with Crippen molar-refractivity contribution in [1.82, 2.24) is 14.5 Å². The number of thiazole rings is 1. The van der Waals surface area contributed by atoms with Crippen molar-refractivity contribution in [3.8, 4) is 0 Å². The Morgan fingerprint density at radius 1 is 1.25 bits per heavy atom. The largest absolute Gasteiger partial charge is 0.337 e. The van der Waals surface area contributed by atoms with Crippen LogP contribution >= 0.6 is 11.3 Å². The van der Waals surface area contributed by atoms with Crippen LogP contribution in [0.25, 0.3) is 10.9 Å². The van der Waals surface area contributed by atoms with Crippen LogP contribution in [0.3, 0.4) is 0 Å². The highest BCUT2D eigenvalue weighted by Gasteiger charge is 2.21. The first-order chi connectivity index (χ1) is 13.6. The zero-order chi connectivity index (χ0) is 19.7. The molecule has 0 aliphatic carbocycles. The number of nitrogens with zero attached hydrogens (tertiary/aromatic N) is 3. The van der Waals surface area contributed by atoms with Gasteiger partial charge in [-0.15, -0.1) is 11.3 Å². The number of aldehydes is 1. The molecule has 1 aromatic carbocycles. The van der Waals surface area contributed by atoms with Crippen molar-refractivity contribution in [1.29, 1.82) is 0 Å². The van der Waals surface area contributed by atoms with Gasteiger partial charge < -0.3 is 9.36 Å². The van der Waals surface area contributed by atoms with Gasteiger partial charge in [0.25, 0.3) is 0 Å². The molecule has 4 rings (SSSR count). The summed E-state index contributed by atoms with van der Waals surface area (Å²) in [4.78, 5) is 19.7. The lowest BCUT2D eigenvalue weighted by Gasteiger charge is -2.05. The Balaban J connectivity index is 1.79. The Kier molecular flexibility index (Phi) is 5.15. The minimum atomic E-state index is -1.43. The predicted octanol–water partition coefficient (Wildman–Crippen LogP) is 3.90. The Morgan fingerprint density at radius 2 is 2.11 bits per heavy atom. The van der Waals surface area contributed by atoms with Crippen LogP contribution in [0.5, 0.6) is 0 Å². The number of rotatable bonds is 6. The molecule has 0 fully saturated rings. The van der Waals surface area contributed by atoms with E-state index in [-0.39, 0.29) is 12.4 Å². The Hall–Kier alpha value is -2.71. The van der Waals surface area contributed by atoms with Crippen LogP contribution in [-0.2, 0) is 28.6 Å². The van der Waals surface area contributed by atoms with Crippen molar-refractivity contribution >= 4 is 39.3 Å². The Labute approximate surface area is 167 Å². The van der Waals surface area contributed by atoms with Gasteiger partial charge in [0.15, 0.2) is 0 Å². The lowest BCUT2D eigenvalue weighted by molar-refractivity contribution is -0.108. The number of aromatic nitrogens is 3. The fraction of sp³-hybridized carbons (Fsp3) is 0.150. The second-order valence-corrected chi connectivity index (χ2v) is 8.68. The molecule has 0 saturated carbocycles. The highest BCUT2D eigenvalue weighted by molar-refractivity contribution is 7.87. The summed E-state index contributed by atoms with van der Waals surface area (Å²) < 4.78 is 29.3. The monoisotopic (exact) mass is 413 g/mol. The summed E-state index contributed by atoms with van der Waals surface area (Å²) in [6.45, 7) is 2.09. The fourth-order valence-electron chi connectivity index (χ4n) is 3.30. The van der Waals surface area contributed by atoms with Crippen LogP contribution in [0.15, 0.2) is 57.3 Å². The molecule has 0 bridgehead atoms. The summed E-state index contributed by atoms with van der Waals surface area (Å²) in [5, 5.41) is 1.21. The van der Waals surface area contributed by atoms with E-state index in [1.54, 1.807) is 36.0 Å². The molecule has 3 aromatic heterocycles. The van der Waals surface area contributed by atoms with Gasteiger partial charge in [-0.1, -0.05) is 6.07 Å². The zero-order valence-corrected chi connectivity index (χ0v) is 16.6. The zero-order valence-electron chi connectivity index (χ0n) is 15.0. The average Bonchev–Trinajstić information content (AvgIpc) is 3.27. The average molecular weight is 413 g/mol. The minimum Gasteiger partial charge on any atom is -0.337 e. The number of benzene rings is 1. The summed E-state index contributed by atoms with van der Waals surface area (Å²) in [6.07, 6.45) is 2.83. The predicted molar refractivity (Wildman–Crippen MR) is 107 cm³/mol. The van der Waals surface area contributed by atoms with Crippen molar-refractivity contribution < 1.29 is 13.4 Å². The third-order valence-corrected chi connectivity index (χ3v) is 7.21. The van der Waals surface area contributed by atoms with Crippen LogP contribution in [0.4, 0.5) is 4.39 Å². The molecule has 0 saturated heterocycles. The molecule has 28 heavy (non-hydrogen) atoms. The van der Waals surface area contributed by atoms with Gasteiger partial charge in [-0.2, -0.15) is 0 Å². The SMILES string of the molecule is Cc1c(Cc2ncsc2S(=O)c2ccccn2)c2cc(F)ccc2n1CC=O. The van der Waals surface area contributed by atoms with Crippen LogP contribution in [0.1, 0.15) is 17.0 Å². The van der Waals surface area contributed by atoms with E-state index in [9.17, 15) is 13.4 Å². The Morgan fingerprint density at radius 3 is 2.86 bits per heavy atom. The maximum absolute atomic E-state index is 13.9. The first-order valence-electron chi connectivity index (χ1n) is 8.56. The molecule has 0 amide bonds. The maximum atomic E-state index is 13.9. The number of hydrogen-bond acceptors (Lipinski definition) is 5. The second-order valence-electron chi connectivity index (χ2n) is 6.20. The van der Waals surface area contributed by atoms with E-state index in [0.717, 1.165) is 28.4 Å². The van der Waals surface area contributed by atoms with E-state index in [2.05, 4.69) is 9.97 Å². The quantitative estimate of drug-likeness (QED) is 0.450. The van der Waals surface area contributed by atoms with Gasteiger partial charge >= 0.3 is 0 Å². The smallest absolute Gasteiger partial charge is 0.139 e. The summed E-state index contributed by atoms with van der Waals surface area (Å²) >= 11 is 1.31. The van der Waals surface area contributed by atoms with Gasteiger partial charge in [-0.3, -0.25) is 0 Å². The molecule has 0 aliphatic heterocycles. The molecule has 0 aliphatic rings. The molecule has 5 nitrogen and oxygen atoms in total. The number of fused-ring (bicyclic) bond motifs is 1. The molecule has 4 aromatic rings. The van der Waals surface area contributed by atoms with Crippen molar-refractivity contribution in [2.24, 2.45) is 0 Å². The van der Waals surface area contributed by atoms with Crippen molar-refractivity contribution in [3.05, 3.63) is 70.9 Å². The molecule has 1 unspecified atom stereocenters. The molecule has 1 atom stereocenters. The van der Waals surface area contributed by atoms with E-state index in [0.29, 0.717) is 21.3 Å². The van der Waals surface area contributed by atoms with Crippen molar-refractivity contribution in [2.45, 2.75) is 29.1 Å². The first kappa shape index (κ1) is 18.6. The van der Waals surface area contributed by atoms with E-state index < -0.39 is 10.8 Å². The van der Waals surface area contributed by atoms with Gasteiger partial charge in [-0.25, -0.2) is 18.6 Å². The number of carbonyl (C=O) groups is 1. The van der Waals surface area contributed by atoms with Crippen molar-refractivity contribution in [2.75, 3.05) is 0 Å². The molecule has 8 heteroatoms. The third kappa shape index (κ3) is 3.29. The lowest BCUT2D eigenvalue weighted by Crippen LogP contribution is -2.03. The van der Waals surface area contributed by atoms with Crippen molar-refractivity contribution in [3.63, 3.8) is 0 Å². The van der Waals surface area contributed by atoms with Gasteiger partial charge in [0.2, 0.25) is 0 Å².